The van der Waals surface area contributed by atoms with Crippen LogP contribution >= 0.6 is 0 Å². The van der Waals surface area contributed by atoms with Crippen LogP contribution in [0.4, 0.5) is 0 Å². The van der Waals surface area contributed by atoms with Crippen molar-refractivity contribution in [3.63, 3.8) is 0 Å². The molecule has 8 heteroatoms. The number of hydrazine groups is 1. The molecule has 2 aliphatic heterocycles. The first kappa shape index (κ1) is 24.0. The molecule has 0 saturated carbocycles. The van der Waals surface area contributed by atoms with Crippen LogP contribution in [0.2, 0.25) is 0 Å². The molecule has 188 valence electrons. The fraction of sp³-hybridized carbons (Fsp3) is 0.321. The van der Waals surface area contributed by atoms with Crippen molar-refractivity contribution in [2.45, 2.75) is 24.5 Å². The molecule has 0 aliphatic carbocycles. The van der Waals surface area contributed by atoms with Crippen molar-refractivity contribution >= 4 is 5.91 Å². The monoisotopic (exact) mass is 489 g/mol. The number of amides is 1. The topological polar surface area (TPSA) is 92.3 Å². The number of ether oxygens (including phenoxy) is 3. The van der Waals surface area contributed by atoms with Crippen LogP contribution in [0.15, 0.2) is 66.7 Å². The molecular weight excluding hydrogens is 458 g/mol. The number of aromatic hydroxyl groups is 1. The molecule has 0 radical (unpaired) electrons. The predicted molar refractivity (Wildman–Crippen MR) is 135 cm³/mol. The van der Waals surface area contributed by atoms with Gasteiger partial charge >= 0.3 is 0 Å². The number of likely N-dealkylation sites (tertiary alicyclic amines) is 1. The molecule has 2 heterocycles. The number of methoxy groups -OCH3 is 3. The van der Waals surface area contributed by atoms with E-state index in [0.717, 1.165) is 22.4 Å². The first-order chi connectivity index (χ1) is 17.5. The molecule has 2 aliphatic rings. The first-order valence-corrected chi connectivity index (χ1v) is 12.0. The number of nitrogens with zero attached hydrogens (tertiary/aromatic N) is 1. The van der Waals surface area contributed by atoms with Gasteiger partial charge in [-0.3, -0.25) is 4.79 Å². The number of hydrogen-bond acceptors (Lipinski definition) is 7. The zero-order chi connectivity index (χ0) is 25.2. The number of carbonyl (C=O) groups excluding carboxylic acids is 1. The van der Waals surface area contributed by atoms with E-state index in [1.54, 1.807) is 33.5 Å². The Morgan fingerprint density at radius 3 is 2.39 bits per heavy atom. The van der Waals surface area contributed by atoms with E-state index in [1.807, 2.05) is 59.5 Å². The molecule has 4 unspecified atom stereocenters. The second kappa shape index (κ2) is 10.1. The predicted octanol–water partition coefficient (Wildman–Crippen LogP) is 3.38. The number of phenolic OH excluding ortho intramolecular Hbond substituents is 1. The Bertz CT molecular complexity index is 1250. The van der Waals surface area contributed by atoms with E-state index >= 15 is 0 Å². The van der Waals surface area contributed by atoms with Gasteiger partial charge in [-0.15, -0.1) is 0 Å². The fourth-order valence-corrected chi connectivity index (χ4v) is 5.48. The highest BCUT2D eigenvalue weighted by Gasteiger charge is 2.55. The highest BCUT2D eigenvalue weighted by atomic mass is 16.5. The Morgan fingerprint density at radius 1 is 0.861 bits per heavy atom. The Morgan fingerprint density at radius 2 is 1.64 bits per heavy atom. The molecule has 0 aromatic heterocycles. The van der Waals surface area contributed by atoms with Gasteiger partial charge in [0.05, 0.1) is 33.4 Å². The fourth-order valence-electron chi connectivity index (χ4n) is 5.48. The molecule has 3 aromatic rings. The number of phenols is 1. The summed E-state index contributed by atoms with van der Waals surface area (Å²) in [6.07, 6.45) is 0.653. The average molecular weight is 490 g/mol. The molecule has 2 saturated heterocycles. The SMILES string of the molecule is COc1cccc(C2C3C(NNC3c3ccccc3O)C(=O)N2CCc2ccc(OC)c(OC)c2)c1. The smallest absolute Gasteiger partial charge is 0.242 e. The summed E-state index contributed by atoms with van der Waals surface area (Å²) >= 11 is 0. The number of nitrogens with one attached hydrogen (secondary N) is 2. The minimum atomic E-state index is -0.420. The van der Waals surface area contributed by atoms with Crippen molar-refractivity contribution in [2.24, 2.45) is 5.92 Å². The van der Waals surface area contributed by atoms with E-state index < -0.39 is 6.04 Å². The average Bonchev–Trinajstić information content (AvgIpc) is 3.46. The second-order valence-corrected chi connectivity index (χ2v) is 9.07. The van der Waals surface area contributed by atoms with Crippen LogP contribution in [-0.2, 0) is 11.2 Å². The van der Waals surface area contributed by atoms with Gasteiger partial charge in [-0.05, 0) is 47.9 Å². The summed E-state index contributed by atoms with van der Waals surface area (Å²) in [6, 6.07) is 20.1. The quantitative estimate of drug-likeness (QED) is 0.447. The molecule has 1 amide bonds. The van der Waals surface area contributed by atoms with E-state index in [-0.39, 0.29) is 29.7 Å². The largest absolute Gasteiger partial charge is 0.508 e. The number of hydrogen-bond donors (Lipinski definition) is 3. The van der Waals surface area contributed by atoms with Crippen LogP contribution < -0.4 is 25.1 Å². The van der Waals surface area contributed by atoms with E-state index in [1.165, 1.54) is 0 Å². The number of fused-ring (bicyclic) bond motifs is 1. The lowest BCUT2D eigenvalue weighted by atomic mass is 9.83. The summed E-state index contributed by atoms with van der Waals surface area (Å²) in [4.78, 5) is 15.7. The van der Waals surface area contributed by atoms with Crippen LogP contribution in [0.1, 0.15) is 28.8 Å². The van der Waals surface area contributed by atoms with Gasteiger partial charge in [0.1, 0.15) is 17.5 Å². The van der Waals surface area contributed by atoms with Gasteiger partial charge in [-0.2, -0.15) is 0 Å². The Kier molecular flexibility index (Phi) is 6.71. The zero-order valence-electron chi connectivity index (χ0n) is 20.6. The molecule has 3 aromatic carbocycles. The second-order valence-electron chi connectivity index (χ2n) is 9.07. The first-order valence-electron chi connectivity index (χ1n) is 12.0. The van der Waals surface area contributed by atoms with Crippen LogP contribution in [-0.4, -0.2) is 49.8 Å². The van der Waals surface area contributed by atoms with Crippen LogP contribution in [0.5, 0.6) is 23.0 Å². The van der Waals surface area contributed by atoms with Gasteiger partial charge in [0, 0.05) is 18.0 Å². The Balaban J connectivity index is 1.49. The van der Waals surface area contributed by atoms with Crippen LogP contribution in [0, 0.1) is 5.92 Å². The van der Waals surface area contributed by atoms with Gasteiger partial charge in [-0.1, -0.05) is 36.4 Å². The maximum atomic E-state index is 13.7. The summed E-state index contributed by atoms with van der Waals surface area (Å²) in [5.74, 6) is 2.17. The molecule has 4 atom stereocenters. The van der Waals surface area contributed by atoms with Crippen LogP contribution in [0.3, 0.4) is 0 Å². The van der Waals surface area contributed by atoms with Gasteiger partial charge in [0.2, 0.25) is 5.91 Å². The minimum absolute atomic E-state index is 0.0266. The van der Waals surface area contributed by atoms with Crippen molar-refractivity contribution in [3.8, 4) is 23.0 Å². The summed E-state index contributed by atoms with van der Waals surface area (Å²) in [5, 5.41) is 10.6. The van der Waals surface area contributed by atoms with Crippen molar-refractivity contribution in [2.75, 3.05) is 27.9 Å². The van der Waals surface area contributed by atoms with Crippen molar-refractivity contribution in [1.29, 1.82) is 0 Å². The minimum Gasteiger partial charge on any atom is -0.508 e. The molecule has 8 nitrogen and oxygen atoms in total. The maximum Gasteiger partial charge on any atom is 0.242 e. The Labute approximate surface area is 210 Å². The van der Waals surface area contributed by atoms with Gasteiger partial charge in [0.15, 0.2) is 11.5 Å². The zero-order valence-corrected chi connectivity index (χ0v) is 20.6. The third-order valence-corrected chi connectivity index (χ3v) is 7.21. The summed E-state index contributed by atoms with van der Waals surface area (Å²) in [6.45, 7) is 0.526. The van der Waals surface area contributed by atoms with E-state index in [4.69, 9.17) is 14.2 Å². The van der Waals surface area contributed by atoms with Crippen molar-refractivity contribution in [3.05, 3.63) is 83.4 Å². The number of carbonyl (C=O) groups is 1. The van der Waals surface area contributed by atoms with Gasteiger partial charge < -0.3 is 24.2 Å². The molecule has 0 bridgehead atoms. The highest BCUT2D eigenvalue weighted by molar-refractivity contribution is 5.86. The standard InChI is InChI=1S/C28H31N3O5/c1-34-19-8-6-7-18(16-19)27-24-25(20-9-4-5-10-21(20)32)29-30-26(24)28(33)31(27)14-13-17-11-12-22(35-2)23(15-17)36-3/h4-12,15-16,24-27,29-30,32H,13-14H2,1-3H3. The van der Waals surface area contributed by atoms with E-state index in [0.29, 0.717) is 24.5 Å². The third kappa shape index (κ3) is 4.23. The normalized spacial score (nSPS) is 23.0. The lowest BCUT2D eigenvalue weighted by Gasteiger charge is -2.31. The Hall–Kier alpha value is -3.75. The summed E-state index contributed by atoms with van der Waals surface area (Å²) < 4.78 is 16.3. The molecule has 3 N–H and O–H groups in total. The molecule has 0 spiro atoms. The van der Waals surface area contributed by atoms with Crippen molar-refractivity contribution in [1.82, 2.24) is 15.8 Å². The molecule has 5 rings (SSSR count). The molecular formula is C28H31N3O5. The van der Waals surface area contributed by atoms with Crippen LogP contribution in [0.25, 0.3) is 0 Å². The van der Waals surface area contributed by atoms with E-state index in [9.17, 15) is 9.90 Å². The number of rotatable bonds is 8. The van der Waals surface area contributed by atoms with Gasteiger partial charge in [-0.25, -0.2) is 10.9 Å². The molecule has 36 heavy (non-hydrogen) atoms. The third-order valence-electron chi connectivity index (χ3n) is 7.21. The van der Waals surface area contributed by atoms with Crippen molar-refractivity contribution < 1.29 is 24.1 Å². The van der Waals surface area contributed by atoms with E-state index in [2.05, 4.69) is 10.9 Å². The highest BCUT2D eigenvalue weighted by Crippen LogP contribution is 2.48. The summed E-state index contributed by atoms with van der Waals surface area (Å²) in [7, 11) is 4.86. The number of para-hydroxylation sites is 1. The van der Waals surface area contributed by atoms with Gasteiger partial charge in [0.25, 0.3) is 0 Å². The number of benzene rings is 3. The lowest BCUT2D eigenvalue weighted by molar-refractivity contribution is -0.130. The lowest BCUT2D eigenvalue weighted by Crippen LogP contribution is -2.42. The molecule has 2 fully saturated rings. The maximum absolute atomic E-state index is 13.7. The summed E-state index contributed by atoms with van der Waals surface area (Å²) in [5.41, 5.74) is 9.30.